The molecule has 1 heterocycles. The topological polar surface area (TPSA) is 71.2 Å². The van der Waals surface area contributed by atoms with Crippen LogP contribution in [0.5, 0.6) is 0 Å². The zero-order valence-corrected chi connectivity index (χ0v) is 12.2. The number of aromatic nitrogens is 1. The maximum absolute atomic E-state index is 12.0. The van der Waals surface area contributed by atoms with Gasteiger partial charge in [-0.05, 0) is 39.4 Å². The van der Waals surface area contributed by atoms with Crippen LogP contribution in [-0.4, -0.2) is 42.0 Å². The Morgan fingerprint density at radius 2 is 2.21 bits per heavy atom. The second kappa shape index (κ2) is 7.09. The minimum Gasteiger partial charge on any atom is -0.384 e. The van der Waals surface area contributed by atoms with Gasteiger partial charge in [0.15, 0.2) is 0 Å². The van der Waals surface area contributed by atoms with Crippen molar-refractivity contribution in [3.8, 4) is 0 Å². The summed E-state index contributed by atoms with van der Waals surface area (Å²) in [5.41, 5.74) is 6.95. The fourth-order valence-corrected chi connectivity index (χ4v) is 1.81. The van der Waals surface area contributed by atoms with Crippen molar-refractivity contribution in [1.82, 2.24) is 15.2 Å². The number of carbonyl (C=O) groups is 1. The molecule has 1 atom stereocenters. The lowest BCUT2D eigenvalue weighted by atomic mass is 10.2. The van der Waals surface area contributed by atoms with Gasteiger partial charge in [-0.2, -0.15) is 0 Å². The minimum absolute atomic E-state index is 0.102. The summed E-state index contributed by atoms with van der Waals surface area (Å²) in [7, 11) is 2.06. The van der Waals surface area contributed by atoms with E-state index >= 15 is 0 Å². The molecule has 1 rings (SSSR count). The lowest BCUT2D eigenvalue weighted by molar-refractivity contribution is 0.0947. The van der Waals surface area contributed by atoms with E-state index in [0.29, 0.717) is 24.0 Å². The Hall–Kier alpha value is -1.62. The van der Waals surface area contributed by atoms with Crippen molar-refractivity contribution in [3.63, 3.8) is 0 Å². The maximum atomic E-state index is 12.0. The summed E-state index contributed by atoms with van der Waals surface area (Å²) in [6, 6.07) is 3.86. The lowest BCUT2D eigenvalue weighted by Gasteiger charge is -2.23. The molecule has 3 N–H and O–H groups in total. The highest BCUT2D eigenvalue weighted by molar-refractivity contribution is 5.94. The maximum Gasteiger partial charge on any atom is 0.251 e. The highest BCUT2D eigenvalue weighted by atomic mass is 16.1. The molecule has 0 aliphatic carbocycles. The summed E-state index contributed by atoms with van der Waals surface area (Å²) in [6.45, 7) is 7.61. The molecule has 1 unspecified atom stereocenters. The largest absolute Gasteiger partial charge is 0.384 e. The van der Waals surface area contributed by atoms with Crippen LogP contribution >= 0.6 is 0 Å². The number of hydrogen-bond donors (Lipinski definition) is 2. The van der Waals surface area contributed by atoms with E-state index in [9.17, 15) is 4.79 Å². The summed E-state index contributed by atoms with van der Waals surface area (Å²) in [4.78, 5) is 18.2. The number of aryl methyl sites for hydroxylation is 1. The van der Waals surface area contributed by atoms with E-state index in [1.807, 2.05) is 6.92 Å². The second-order valence-electron chi connectivity index (χ2n) is 4.92. The van der Waals surface area contributed by atoms with E-state index in [1.54, 1.807) is 12.1 Å². The van der Waals surface area contributed by atoms with Gasteiger partial charge >= 0.3 is 0 Å². The number of nitrogens with zero attached hydrogens (tertiary/aromatic N) is 2. The van der Waals surface area contributed by atoms with Crippen LogP contribution in [0.1, 0.15) is 36.3 Å². The molecular weight excluding hydrogens is 240 g/mol. The van der Waals surface area contributed by atoms with Gasteiger partial charge in [0.05, 0.1) is 0 Å². The first-order chi connectivity index (χ1) is 8.93. The first-order valence-corrected chi connectivity index (χ1v) is 6.66. The third kappa shape index (κ3) is 4.87. The molecule has 0 fully saturated rings. The number of nitrogens with one attached hydrogen (secondary N) is 1. The first kappa shape index (κ1) is 15.4. The molecule has 5 nitrogen and oxygen atoms in total. The molecule has 19 heavy (non-hydrogen) atoms. The number of rotatable bonds is 6. The molecule has 1 aromatic heterocycles. The molecule has 0 aliphatic heterocycles. The van der Waals surface area contributed by atoms with Gasteiger partial charge < -0.3 is 16.0 Å². The predicted molar refractivity (Wildman–Crippen MR) is 78.1 cm³/mol. The number of pyridine rings is 1. The van der Waals surface area contributed by atoms with Crippen LogP contribution in [0.2, 0.25) is 0 Å². The van der Waals surface area contributed by atoms with Crippen LogP contribution in [0.15, 0.2) is 12.1 Å². The van der Waals surface area contributed by atoms with Crippen molar-refractivity contribution in [2.45, 2.75) is 33.2 Å². The first-order valence-electron chi connectivity index (χ1n) is 6.66. The van der Waals surface area contributed by atoms with Crippen molar-refractivity contribution < 1.29 is 4.79 Å². The average molecular weight is 264 g/mol. The summed E-state index contributed by atoms with van der Waals surface area (Å²) < 4.78 is 0. The van der Waals surface area contributed by atoms with Crippen molar-refractivity contribution in [1.29, 1.82) is 0 Å². The van der Waals surface area contributed by atoms with Crippen molar-refractivity contribution in [2.75, 3.05) is 25.9 Å². The lowest BCUT2D eigenvalue weighted by Crippen LogP contribution is -2.37. The second-order valence-corrected chi connectivity index (χ2v) is 4.92. The fourth-order valence-electron chi connectivity index (χ4n) is 1.81. The number of nitrogen functional groups attached to an aromatic ring is 1. The molecule has 1 amide bonds. The number of nitrogens with two attached hydrogens (primary N) is 1. The molecular formula is C14H24N4O. The van der Waals surface area contributed by atoms with Gasteiger partial charge in [0, 0.05) is 30.4 Å². The molecule has 0 saturated carbocycles. The summed E-state index contributed by atoms with van der Waals surface area (Å²) in [6.07, 6.45) is 1.10. The van der Waals surface area contributed by atoms with Crippen LogP contribution in [-0.2, 0) is 0 Å². The van der Waals surface area contributed by atoms with Gasteiger partial charge in [-0.1, -0.05) is 6.92 Å². The standard InChI is InChI=1S/C14H24N4O/c1-5-11(3)18(4)7-6-16-14(19)12-8-10(2)17-13(15)9-12/h8-9,11H,5-7H2,1-4H3,(H2,15,17)(H,16,19). The Balaban J connectivity index is 2.47. The van der Waals surface area contributed by atoms with Crippen LogP contribution in [0.25, 0.3) is 0 Å². The Kier molecular flexibility index (Phi) is 5.76. The van der Waals surface area contributed by atoms with E-state index in [1.165, 1.54) is 0 Å². The molecule has 0 saturated heterocycles. The van der Waals surface area contributed by atoms with Crippen molar-refractivity contribution in [2.24, 2.45) is 0 Å². The Bertz CT molecular complexity index is 413. The molecule has 5 heteroatoms. The number of amides is 1. The zero-order valence-electron chi connectivity index (χ0n) is 12.2. The Labute approximate surface area is 115 Å². The van der Waals surface area contributed by atoms with E-state index in [-0.39, 0.29) is 5.91 Å². The van der Waals surface area contributed by atoms with Crippen LogP contribution < -0.4 is 11.1 Å². The Morgan fingerprint density at radius 1 is 1.53 bits per heavy atom. The predicted octanol–water partition coefficient (Wildman–Crippen LogP) is 1.43. The normalized spacial score (nSPS) is 12.5. The van der Waals surface area contributed by atoms with Gasteiger partial charge in [0.1, 0.15) is 5.82 Å². The monoisotopic (exact) mass is 264 g/mol. The van der Waals surface area contributed by atoms with Crippen molar-refractivity contribution >= 4 is 11.7 Å². The number of anilines is 1. The molecule has 0 bridgehead atoms. The third-order valence-electron chi connectivity index (χ3n) is 3.33. The minimum atomic E-state index is -0.102. The van der Waals surface area contributed by atoms with Gasteiger partial charge in [-0.3, -0.25) is 4.79 Å². The number of carbonyl (C=O) groups excluding carboxylic acids is 1. The number of hydrogen-bond acceptors (Lipinski definition) is 4. The van der Waals surface area contributed by atoms with E-state index in [4.69, 9.17) is 5.73 Å². The van der Waals surface area contributed by atoms with Crippen LogP contribution in [0.3, 0.4) is 0 Å². The molecule has 0 aliphatic rings. The van der Waals surface area contributed by atoms with E-state index < -0.39 is 0 Å². The third-order valence-corrected chi connectivity index (χ3v) is 3.33. The smallest absolute Gasteiger partial charge is 0.251 e. The van der Waals surface area contributed by atoms with E-state index in [0.717, 1.165) is 18.7 Å². The molecule has 1 aromatic rings. The van der Waals surface area contributed by atoms with Crippen LogP contribution in [0.4, 0.5) is 5.82 Å². The van der Waals surface area contributed by atoms with Gasteiger partial charge in [-0.25, -0.2) is 4.98 Å². The highest BCUT2D eigenvalue weighted by Gasteiger charge is 2.09. The summed E-state index contributed by atoms with van der Waals surface area (Å²) in [5.74, 6) is 0.275. The van der Waals surface area contributed by atoms with Gasteiger partial charge in [0.25, 0.3) is 5.91 Å². The quantitative estimate of drug-likeness (QED) is 0.815. The highest BCUT2D eigenvalue weighted by Crippen LogP contribution is 2.06. The van der Waals surface area contributed by atoms with Crippen molar-refractivity contribution in [3.05, 3.63) is 23.4 Å². The molecule has 106 valence electrons. The molecule has 0 aromatic carbocycles. The Morgan fingerprint density at radius 3 is 2.79 bits per heavy atom. The van der Waals surface area contributed by atoms with E-state index in [2.05, 4.69) is 36.1 Å². The number of likely N-dealkylation sites (N-methyl/N-ethyl adjacent to an activating group) is 1. The van der Waals surface area contributed by atoms with Gasteiger partial charge in [-0.15, -0.1) is 0 Å². The van der Waals surface area contributed by atoms with Crippen LogP contribution in [0, 0.1) is 6.92 Å². The van der Waals surface area contributed by atoms with Gasteiger partial charge in [0.2, 0.25) is 0 Å². The summed E-state index contributed by atoms with van der Waals surface area (Å²) in [5, 5.41) is 2.90. The molecule has 0 spiro atoms. The average Bonchev–Trinajstić information content (AvgIpc) is 2.36. The fraction of sp³-hybridized carbons (Fsp3) is 0.571. The molecule has 0 radical (unpaired) electrons. The zero-order chi connectivity index (χ0) is 14.4. The SMILES string of the molecule is CCC(C)N(C)CCNC(=O)c1cc(C)nc(N)c1. The summed E-state index contributed by atoms with van der Waals surface area (Å²) >= 11 is 0.